The van der Waals surface area contributed by atoms with Gasteiger partial charge in [-0.1, -0.05) is 23.7 Å². The lowest BCUT2D eigenvalue weighted by Gasteiger charge is -2.13. The molecule has 0 aliphatic carbocycles. The lowest BCUT2D eigenvalue weighted by molar-refractivity contribution is 0.534. The van der Waals surface area contributed by atoms with Crippen molar-refractivity contribution in [3.8, 4) is 0 Å². The Morgan fingerprint density at radius 2 is 2.20 bits per heavy atom. The van der Waals surface area contributed by atoms with E-state index in [4.69, 9.17) is 23.2 Å². The van der Waals surface area contributed by atoms with E-state index in [2.05, 4.69) is 5.32 Å². The molecule has 0 aromatic heterocycles. The fourth-order valence-electron chi connectivity index (χ4n) is 1.23. The van der Waals surface area contributed by atoms with Gasteiger partial charge in [-0.05, 0) is 25.0 Å². The predicted molar refractivity (Wildman–Crippen MR) is 63.0 cm³/mol. The normalized spacial score (nSPS) is 12.8. The second-order valence-corrected chi connectivity index (χ2v) is 4.23. The lowest BCUT2D eigenvalue weighted by Crippen LogP contribution is -2.25. The first-order valence-corrected chi connectivity index (χ1v) is 5.78. The summed E-state index contributed by atoms with van der Waals surface area (Å²) in [6.45, 7) is 2.60. The van der Waals surface area contributed by atoms with Crippen LogP contribution in [0.2, 0.25) is 5.02 Å². The Hall–Kier alpha value is -0.310. The molecule has 1 rings (SSSR count). The summed E-state index contributed by atoms with van der Waals surface area (Å²) >= 11 is 11.4. The van der Waals surface area contributed by atoms with E-state index in [0.29, 0.717) is 18.5 Å². The smallest absolute Gasteiger partial charge is 0.142 e. The molecule has 0 saturated carbocycles. The van der Waals surface area contributed by atoms with E-state index in [0.717, 1.165) is 12.0 Å². The van der Waals surface area contributed by atoms with E-state index in [1.165, 1.54) is 6.07 Å². The van der Waals surface area contributed by atoms with E-state index in [1.807, 2.05) is 13.0 Å². The maximum atomic E-state index is 13.1. The molecule has 84 valence electrons. The molecule has 4 heteroatoms. The van der Waals surface area contributed by atoms with Crippen molar-refractivity contribution in [3.05, 3.63) is 34.6 Å². The Bertz CT molecular complexity index is 317. The van der Waals surface area contributed by atoms with Gasteiger partial charge in [-0.15, -0.1) is 11.6 Å². The number of rotatable bonds is 5. The van der Waals surface area contributed by atoms with E-state index >= 15 is 0 Å². The molecular weight excluding hydrogens is 236 g/mol. The number of hydrogen-bond acceptors (Lipinski definition) is 1. The first kappa shape index (κ1) is 12.8. The molecule has 0 radical (unpaired) electrons. The van der Waals surface area contributed by atoms with Gasteiger partial charge in [0.05, 0.1) is 5.02 Å². The van der Waals surface area contributed by atoms with E-state index in [-0.39, 0.29) is 10.8 Å². The Morgan fingerprint density at radius 1 is 1.47 bits per heavy atom. The molecule has 0 bridgehead atoms. The number of nitrogens with one attached hydrogen (secondary N) is 1. The molecule has 0 spiro atoms. The van der Waals surface area contributed by atoms with Crippen molar-refractivity contribution in [2.75, 3.05) is 5.88 Å². The summed E-state index contributed by atoms with van der Waals surface area (Å²) in [5.41, 5.74) is 0.776. The topological polar surface area (TPSA) is 12.0 Å². The van der Waals surface area contributed by atoms with Crippen LogP contribution in [0, 0.1) is 5.82 Å². The van der Waals surface area contributed by atoms with E-state index in [1.54, 1.807) is 6.07 Å². The van der Waals surface area contributed by atoms with Crippen LogP contribution >= 0.6 is 23.2 Å². The minimum atomic E-state index is -0.374. The summed E-state index contributed by atoms with van der Waals surface area (Å²) < 4.78 is 13.1. The van der Waals surface area contributed by atoms with Crippen LogP contribution < -0.4 is 5.32 Å². The first-order valence-electron chi connectivity index (χ1n) is 4.87. The third-order valence-electron chi connectivity index (χ3n) is 2.21. The van der Waals surface area contributed by atoms with Crippen molar-refractivity contribution >= 4 is 23.2 Å². The van der Waals surface area contributed by atoms with Crippen molar-refractivity contribution in [1.29, 1.82) is 0 Å². The van der Waals surface area contributed by atoms with E-state index in [9.17, 15) is 4.39 Å². The maximum absolute atomic E-state index is 13.1. The van der Waals surface area contributed by atoms with Crippen molar-refractivity contribution in [2.45, 2.75) is 25.9 Å². The highest BCUT2D eigenvalue weighted by Gasteiger charge is 2.06. The Labute approximate surface area is 99.6 Å². The van der Waals surface area contributed by atoms with Crippen molar-refractivity contribution in [1.82, 2.24) is 5.32 Å². The lowest BCUT2D eigenvalue weighted by atomic mass is 10.2. The van der Waals surface area contributed by atoms with E-state index < -0.39 is 0 Å². The Kier molecular flexibility index (Phi) is 5.37. The summed E-state index contributed by atoms with van der Waals surface area (Å²) in [6, 6.07) is 5.13. The van der Waals surface area contributed by atoms with Gasteiger partial charge >= 0.3 is 0 Å². The molecule has 0 aliphatic heterocycles. The van der Waals surface area contributed by atoms with Gasteiger partial charge in [-0.25, -0.2) is 4.39 Å². The Morgan fingerprint density at radius 3 is 2.87 bits per heavy atom. The summed E-state index contributed by atoms with van der Waals surface area (Å²) in [6.07, 6.45) is 0.883. The summed E-state index contributed by atoms with van der Waals surface area (Å²) in [7, 11) is 0. The monoisotopic (exact) mass is 249 g/mol. The molecule has 0 saturated heterocycles. The molecule has 1 aromatic carbocycles. The number of halogens is 3. The van der Waals surface area contributed by atoms with Crippen LogP contribution in [0.25, 0.3) is 0 Å². The van der Waals surface area contributed by atoms with Gasteiger partial charge in [0.15, 0.2) is 0 Å². The minimum absolute atomic E-state index is 0.197. The van der Waals surface area contributed by atoms with Gasteiger partial charge in [0.2, 0.25) is 0 Å². The molecule has 0 amide bonds. The van der Waals surface area contributed by atoms with Gasteiger partial charge in [0.25, 0.3) is 0 Å². The van der Waals surface area contributed by atoms with Gasteiger partial charge in [-0.2, -0.15) is 0 Å². The van der Waals surface area contributed by atoms with Crippen LogP contribution in [-0.4, -0.2) is 11.9 Å². The molecule has 15 heavy (non-hydrogen) atoms. The van der Waals surface area contributed by atoms with Gasteiger partial charge < -0.3 is 5.32 Å². The number of hydrogen-bond donors (Lipinski definition) is 1. The highest BCUT2D eigenvalue weighted by atomic mass is 35.5. The highest BCUT2D eigenvalue weighted by Crippen LogP contribution is 2.19. The summed E-state index contributed by atoms with van der Waals surface area (Å²) in [5, 5.41) is 3.43. The molecule has 0 aliphatic rings. The van der Waals surface area contributed by atoms with Crippen LogP contribution in [0.4, 0.5) is 4.39 Å². The third kappa shape index (κ3) is 3.98. The third-order valence-corrected chi connectivity index (χ3v) is 2.86. The van der Waals surface area contributed by atoms with Gasteiger partial charge in [0.1, 0.15) is 5.82 Å². The molecule has 0 heterocycles. The zero-order valence-electron chi connectivity index (χ0n) is 8.56. The van der Waals surface area contributed by atoms with Crippen LogP contribution in [0.3, 0.4) is 0 Å². The van der Waals surface area contributed by atoms with Crippen LogP contribution in [-0.2, 0) is 6.54 Å². The first-order chi connectivity index (χ1) is 7.15. The quantitative estimate of drug-likeness (QED) is 0.787. The van der Waals surface area contributed by atoms with Crippen molar-refractivity contribution in [2.24, 2.45) is 0 Å². The SMILES string of the molecule is CC(CCCl)NCc1cccc(F)c1Cl. The highest BCUT2D eigenvalue weighted by molar-refractivity contribution is 6.31. The molecule has 1 atom stereocenters. The molecule has 1 nitrogen and oxygen atoms in total. The van der Waals surface area contributed by atoms with Crippen LogP contribution in [0.1, 0.15) is 18.9 Å². The minimum Gasteiger partial charge on any atom is -0.310 e. The molecular formula is C11H14Cl2FN. The number of benzene rings is 1. The fraction of sp³-hybridized carbons (Fsp3) is 0.455. The average Bonchev–Trinajstić information content (AvgIpc) is 2.21. The van der Waals surface area contributed by atoms with Gasteiger partial charge in [-0.3, -0.25) is 0 Å². The molecule has 1 aromatic rings. The van der Waals surface area contributed by atoms with Crippen molar-refractivity contribution in [3.63, 3.8) is 0 Å². The molecule has 0 fully saturated rings. The summed E-state index contributed by atoms with van der Waals surface area (Å²) in [4.78, 5) is 0. The fourth-order valence-corrected chi connectivity index (χ4v) is 1.76. The Balaban J connectivity index is 2.54. The second kappa shape index (κ2) is 6.31. The average molecular weight is 250 g/mol. The maximum Gasteiger partial charge on any atom is 0.142 e. The van der Waals surface area contributed by atoms with Crippen LogP contribution in [0.15, 0.2) is 18.2 Å². The second-order valence-electron chi connectivity index (χ2n) is 3.47. The standard InChI is InChI=1S/C11H14Cl2FN/c1-8(5-6-12)15-7-9-3-2-4-10(14)11(9)13/h2-4,8,15H,5-7H2,1H3. The zero-order chi connectivity index (χ0) is 11.3. The molecule has 1 N–H and O–H groups in total. The number of alkyl halides is 1. The zero-order valence-corrected chi connectivity index (χ0v) is 10.1. The molecule has 1 unspecified atom stereocenters. The van der Waals surface area contributed by atoms with Crippen molar-refractivity contribution < 1.29 is 4.39 Å². The summed E-state index contributed by atoms with van der Waals surface area (Å²) in [5.74, 6) is 0.242. The van der Waals surface area contributed by atoms with Crippen LogP contribution in [0.5, 0.6) is 0 Å². The van der Waals surface area contributed by atoms with Gasteiger partial charge in [0, 0.05) is 18.5 Å². The predicted octanol–water partition coefficient (Wildman–Crippen LogP) is 3.59. The largest absolute Gasteiger partial charge is 0.310 e.